The van der Waals surface area contributed by atoms with Crippen molar-refractivity contribution in [1.29, 1.82) is 0 Å². The van der Waals surface area contributed by atoms with Gasteiger partial charge in [-0.15, -0.1) is 0 Å². The number of aromatic nitrogens is 2. The molecule has 0 spiro atoms. The molecule has 5 nitrogen and oxygen atoms in total. The summed E-state index contributed by atoms with van der Waals surface area (Å²) in [7, 11) is 0. The molecule has 0 aliphatic carbocycles. The van der Waals surface area contributed by atoms with Gasteiger partial charge in [-0.25, -0.2) is 9.97 Å². The van der Waals surface area contributed by atoms with Crippen molar-refractivity contribution in [2.75, 3.05) is 25.0 Å². The van der Waals surface area contributed by atoms with Crippen LogP contribution in [0.4, 0.5) is 5.82 Å². The molecule has 6 heteroatoms. The second-order valence-electron chi connectivity index (χ2n) is 5.18. The van der Waals surface area contributed by atoms with Gasteiger partial charge in [-0.1, -0.05) is 20.8 Å². The molecule has 110 valence electrons. The number of hydrogen-bond donors (Lipinski definition) is 1. The van der Waals surface area contributed by atoms with Gasteiger partial charge in [-0.3, -0.25) is 4.79 Å². The fourth-order valence-corrected chi connectivity index (χ4v) is 3.61. The standard InChI is InChI=1S/C14H22N4OS/c1-4-5-15-13-7-16-12(6-17-13)14(19)18-8-10(2)20-11(3)9-18/h6-7,10-11H,4-5,8-9H2,1-3H3,(H,15,17). The third-order valence-electron chi connectivity index (χ3n) is 3.13. The lowest BCUT2D eigenvalue weighted by Crippen LogP contribution is -2.44. The van der Waals surface area contributed by atoms with E-state index < -0.39 is 0 Å². The summed E-state index contributed by atoms with van der Waals surface area (Å²) in [5.41, 5.74) is 0.429. The number of rotatable bonds is 4. The Kier molecular flexibility index (Phi) is 5.23. The van der Waals surface area contributed by atoms with Crippen molar-refractivity contribution in [3.05, 3.63) is 18.1 Å². The molecule has 1 saturated heterocycles. The van der Waals surface area contributed by atoms with Crippen molar-refractivity contribution in [2.45, 2.75) is 37.7 Å². The molecule has 2 rings (SSSR count). The predicted octanol–water partition coefficient (Wildman–Crippen LogP) is 2.26. The Morgan fingerprint density at radius 2 is 2.05 bits per heavy atom. The van der Waals surface area contributed by atoms with Gasteiger partial charge in [0.1, 0.15) is 11.5 Å². The third kappa shape index (κ3) is 3.85. The van der Waals surface area contributed by atoms with Crippen molar-refractivity contribution in [3.8, 4) is 0 Å². The van der Waals surface area contributed by atoms with Crippen molar-refractivity contribution < 1.29 is 4.79 Å². The van der Waals surface area contributed by atoms with Crippen molar-refractivity contribution >= 4 is 23.5 Å². The highest BCUT2D eigenvalue weighted by Gasteiger charge is 2.27. The third-order valence-corrected chi connectivity index (χ3v) is 4.36. The number of thioether (sulfide) groups is 1. The van der Waals surface area contributed by atoms with Crippen LogP contribution >= 0.6 is 11.8 Å². The molecule has 1 N–H and O–H groups in total. The average molecular weight is 294 g/mol. The van der Waals surface area contributed by atoms with E-state index in [1.54, 1.807) is 12.4 Å². The van der Waals surface area contributed by atoms with E-state index in [0.29, 0.717) is 16.2 Å². The molecule has 1 fully saturated rings. The van der Waals surface area contributed by atoms with E-state index in [2.05, 4.69) is 36.1 Å². The van der Waals surface area contributed by atoms with Gasteiger partial charge in [0.2, 0.25) is 0 Å². The largest absolute Gasteiger partial charge is 0.369 e. The molecule has 0 saturated carbocycles. The second kappa shape index (κ2) is 6.92. The van der Waals surface area contributed by atoms with Crippen LogP contribution in [0.2, 0.25) is 0 Å². The Bertz CT molecular complexity index is 441. The van der Waals surface area contributed by atoms with Gasteiger partial charge in [-0.05, 0) is 6.42 Å². The first-order chi connectivity index (χ1) is 9.60. The van der Waals surface area contributed by atoms with Gasteiger partial charge in [-0.2, -0.15) is 11.8 Å². The van der Waals surface area contributed by atoms with Gasteiger partial charge in [0, 0.05) is 30.1 Å². The topological polar surface area (TPSA) is 58.1 Å². The van der Waals surface area contributed by atoms with Crippen LogP contribution in [0.3, 0.4) is 0 Å². The van der Waals surface area contributed by atoms with Gasteiger partial charge in [0.05, 0.1) is 12.4 Å². The number of carbonyl (C=O) groups is 1. The van der Waals surface area contributed by atoms with Crippen LogP contribution in [-0.2, 0) is 0 Å². The summed E-state index contributed by atoms with van der Waals surface area (Å²) in [5, 5.41) is 4.10. The quantitative estimate of drug-likeness (QED) is 0.923. The molecule has 2 heterocycles. The van der Waals surface area contributed by atoms with Gasteiger partial charge >= 0.3 is 0 Å². The first-order valence-electron chi connectivity index (χ1n) is 7.10. The normalized spacial score (nSPS) is 22.6. The first-order valence-corrected chi connectivity index (χ1v) is 8.05. The van der Waals surface area contributed by atoms with Gasteiger partial charge in [0.15, 0.2) is 0 Å². The smallest absolute Gasteiger partial charge is 0.274 e. The van der Waals surface area contributed by atoms with E-state index in [9.17, 15) is 4.79 Å². The molecular weight excluding hydrogens is 272 g/mol. The van der Waals surface area contributed by atoms with E-state index in [1.165, 1.54) is 0 Å². The summed E-state index contributed by atoms with van der Waals surface area (Å²) in [6, 6.07) is 0. The summed E-state index contributed by atoms with van der Waals surface area (Å²) < 4.78 is 0. The van der Waals surface area contributed by atoms with Crippen LogP contribution in [0.1, 0.15) is 37.7 Å². The zero-order valence-electron chi connectivity index (χ0n) is 12.3. The summed E-state index contributed by atoms with van der Waals surface area (Å²) in [4.78, 5) is 22.8. The summed E-state index contributed by atoms with van der Waals surface area (Å²) in [6.07, 6.45) is 4.23. The van der Waals surface area contributed by atoms with E-state index >= 15 is 0 Å². The Hall–Kier alpha value is -1.30. The Morgan fingerprint density at radius 1 is 1.35 bits per heavy atom. The number of nitrogens with zero attached hydrogens (tertiary/aromatic N) is 3. The maximum atomic E-state index is 12.4. The van der Waals surface area contributed by atoms with E-state index in [0.717, 1.165) is 31.9 Å². The van der Waals surface area contributed by atoms with Crippen molar-refractivity contribution in [1.82, 2.24) is 14.9 Å². The molecule has 1 aromatic heterocycles. The molecule has 1 aliphatic heterocycles. The van der Waals surface area contributed by atoms with Crippen LogP contribution in [0, 0.1) is 0 Å². The molecule has 2 unspecified atom stereocenters. The van der Waals surface area contributed by atoms with Crippen molar-refractivity contribution in [2.24, 2.45) is 0 Å². The zero-order valence-corrected chi connectivity index (χ0v) is 13.1. The lowest BCUT2D eigenvalue weighted by Gasteiger charge is -2.34. The maximum Gasteiger partial charge on any atom is 0.274 e. The van der Waals surface area contributed by atoms with Crippen LogP contribution in [0.5, 0.6) is 0 Å². The van der Waals surface area contributed by atoms with Crippen LogP contribution in [0.25, 0.3) is 0 Å². The van der Waals surface area contributed by atoms with Crippen molar-refractivity contribution in [3.63, 3.8) is 0 Å². The first kappa shape index (κ1) is 15.1. The van der Waals surface area contributed by atoms with Crippen LogP contribution in [0.15, 0.2) is 12.4 Å². The average Bonchev–Trinajstić information content (AvgIpc) is 2.44. The highest BCUT2D eigenvalue weighted by atomic mass is 32.2. The summed E-state index contributed by atoms with van der Waals surface area (Å²) in [5.74, 6) is 0.706. The van der Waals surface area contributed by atoms with Gasteiger partial charge in [0.25, 0.3) is 5.91 Å². The number of anilines is 1. The Labute approximate surface area is 124 Å². The van der Waals surface area contributed by atoms with E-state index in [-0.39, 0.29) is 5.91 Å². The Balaban J connectivity index is 2.01. The summed E-state index contributed by atoms with van der Waals surface area (Å²) >= 11 is 1.93. The molecule has 0 radical (unpaired) electrons. The molecule has 1 aliphatic rings. The highest BCUT2D eigenvalue weighted by Crippen LogP contribution is 2.25. The highest BCUT2D eigenvalue weighted by molar-refractivity contribution is 8.00. The molecular formula is C14H22N4OS. The molecule has 1 aromatic rings. The van der Waals surface area contributed by atoms with Crippen LogP contribution < -0.4 is 5.32 Å². The SMILES string of the molecule is CCCNc1cnc(C(=O)N2CC(C)SC(C)C2)cn1. The number of amides is 1. The number of nitrogens with one attached hydrogen (secondary N) is 1. The minimum atomic E-state index is -0.0152. The lowest BCUT2D eigenvalue weighted by atomic mass is 10.3. The van der Waals surface area contributed by atoms with E-state index in [4.69, 9.17) is 0 Å². The molecule has 0 bridgehead atoms. The molecule has 1 amide bonds. The number of hydrogen-bond acceptors (Lipinski definition) is 5. The molecule has 2 atom stereocenters. The maximum absolute atomic E-state index is 12.4. The number of carbonyl (C=O) groups excluding carboxylic acids is 1. The minimum absolute atomic E-state index is 0.0152. The molecule has 20 heavy (non-hydrogen) atoms. The van der Waals surface area contributed by atoms with Gasteiger partial charge < -0.3 is 10.2 Å². The summed E-state index contributed by atoms with van der Waals surface area (Å²) in [6.45, 7) is 8.83. The monoisotopic (exact) mass is 294 g/mol. The minimum Gasteiger partial charge on any atom is -0.369 e. The predicted molar refractivity (Wildman–Crippen MR) is 83.2 cm³/mol. The zero-order chi connectivity index (χ0) is 14.5. The second-order valence-corrected chi connectivity index (χ2v) is 7.06. The molecule has 0 aromatic carbocycles. The fourth-order valence-electron chi connectivity index (χ4n) is 2.29. The lowest BCUT2D eigenvalue weighted by molar-refractivity contribution is 0.0747. The van der Waals surface area contributed by atoms with E-state index in [1.807, 2.05) is 16.7 Å². The fraction of sp³-hybridized carbons (Fsp3) is 0.643. The Morgan fingerprint density at radius 3 is 2.60 bits per heavy atom. The van der Waals surface area contributed by atoms with Crippen LogP contribution in [-0.4, -0.2) is 50.9 Å².